The number of sulfone groups is 1. The molecule has 0 bridgehead atoms. The fourth-order valence-corrected chi connectivity index (χ4v) is 3.54. The smallest absolute Gasteiger partial charge is 0.327 e. The largest absolute Gasteiger partial charge is 0.337 e. The Hall–Kier alpha value is -3.02. The summed E-state index contributed by atoms with van der Waals surface area (Å²) in [7, 11) is -3.28. The molecule has 1 atom stereocenters. The third-order valence-electron chi connectivity index (χ3n) is 4.48. The van der Waals surface area contributed by atoms with E-state index in [-0.39, 0.29) is 12.3 Å². The fourth-order valence-electron chi connectivity index (χ4n) is 3.03. The zero-order valence-electron chi connectivity index (χ0n) is 16.6. The number of fused-ring (bicyclic) bond motifs is 1. The summed E-state index contributed by atoms with van der Waals surface area (Å²) in [5, 5.41) is 16.6. The number of nitrogens with zero attached hydrogens (tertiary/aromatic N) is 5. The zero-order valence-corrected chi connectivity index (χ0v) is 17.4. The van der Waals surface area contributed by atoms with Crippen LogP contribution in [0.15, 0.2) is 29.1 Å². The van der Waals surface area contributed by atoms with Gasteiger partial charge in [0.1, 0.15) is 9.84 Å². The van der Waals surface area contributed by atoms with Gasteiger partial charge in [-0.05, 0) is 17.5 Å². The highest BCUT2D eigenvalue weighted by Crippen LogP contribution is 2.30. The molecule has 0 spiro atoms. The van der Waals surface area contributed by atoms with E-state index in [9.17, 15) is 18.0 Å². The number of amides is 1. The van der Waals surface area contributed by atoms with Crippen LogP contribution in [-0.2, 0) is 16.4 Å². The number of aryl methyl sites for hydroxylation is 1. The first-order chi connectivity index (χ1) is 13.5. The predicted molar refractivity (Wildman–Crippen MR) is 106 cm³/mol. The van der Waals surface area contributed by atoms with Crippen molar-refractivity contribution in [3.8, 4) is 0 Å². The van der Waals surface area contributed by atoms with Crippen LogP contribution in [0.1, 0.15) is 32.6 Å². The predicted octanol–water partition coefficient (Wildman–Crippen LogP) is 0.706. The van der Waals surface area contributed by atoms with Crippen molar-refractivity contribution in [1.29, 1.82) is 0 Å². The van der Waals surface area contributed by atoms with E-state index in [1.807, 2.05) is 20.8 Å². The summed E-state index contributed by atoms with van der Waals surface area (Å²) in [6.07, 6.45) is 1.10. The van der Waals surface area contributed by atoms with Crippen molar-refractivity contribution in [2.24, 2.45) is 5.41 Å². The molecule has 1 aromatic carbocycles. The van der Waals surface area contributed by atoms with E-state index in [1.165, 1.54) is 4.57 Å². The van der Waals surface area contributed by atoms with E-state index >= 15 is 0 Å². The molecule has 0 aliphatic heterocycles. The average molecular weight is 421 g/mol. The van der Waals surface area contributed by atoms with Crippen molar-refractivity contribution in [1.82, 2.24) is 35.1 Å². The Bertz CT molecular complexity index is 1190. The number of aromatic nitrogens is 6. The monoisotopic (exact) mass is 421 g/mol. The third kappa shape index (κ3) is 4.36. The number of rotatable bonds is 5. The Morgan fingerprint density at radius 3 is 2.45 bits per heavy atom. The molecule has 3 rings (SSSR count). The van der Waals surface area contributed by atoms with Crippen LogP contribution in [0.5, 0.6) is 0 Å². The second-order valence-electron chi connectivity index (χ2n) is 7.91. The summed E-state index contributed by atoms with van der Waals surface area (Å²) in [6.45, 7) is 5.64. The topological polar surface area (TPSA) is 145 Å². The molecular weight excluding hydrogens is 398 g/mol. The van der Waals surface area contributed by atoms with Crippen LogP contribution in [-0.4, -0.2) is 56.2 Å². The maximum atomic E-state index is 13.1. The SMILES string of the molecule is CC(C)(C)[C@H](NC(=O)n1c(=O)n(CCS(C)(=O)=O)c2ccccc21)c1nn[nH]n1. The molecule has 0 radical (unpaired) electrons. The molecule has 0 fully saturated rings. The highest BCUT2D eigenvalue weighted by molar-refractivity contribution is 7.90. The first-order valence-electron chi connectivity index (χ1n) is 8.91. The van der Waals surface area contributed by atoms with E-state index < -0.39 is 33.0 Å². The minimum atomic E-state index is -3.28. The molecule has 0 aliphatic carbocycles. The summed E-state index contributed by atoms with van der Waals surface area (Å²) in [5.74, 6) is 0.0791. The van der Waals surface area contributed by atoms with E-state index in [1.54, 1.807) is 24.3 Å². The minimum absolute atomic E-state index is 0.0496. The number of hydrogen-bond donors (Lipinski definition) is 2. The highest BCUT2D eigenvalue weighted by atomic mass is 32.2. The van der Waals surface area contributed by atoms with Gasteiger partial charge in [0.25, 0.3) is 0 Å². The number of hydrogen-bond acceptors (Lipinski definition) is 7. The lowest BCUT2D eigenvalue weighted by atomic mass is 9.86. The number of nitrogens with one attached hydrogen (secondary N) is 2. The van der Waals surface area contributed by atoms with Gasteiger partial charge in [0, 0.05) is 12.8 Å². The standard InChI is InChI=1S/C17H23N7O4S/c1-17(2,3)13(14-19-21-22-20-14)18-15(25)24-12-8-6-5-7-11(12)23(16(24)26)9-10-29(4,27)28/h5-8,13H,9-10H2,1-4H3,(H,18,25)(H,19,20,21,22)/t13-/m1/s1. The third-order valence-corrected chi connectivity index (χ3v) is 5.40. The van der Waals surface area contributed by atoms with Crippen LogP contribution in [0.3, 0.4) is 0 Å². The van der Waals surface area contributed by atoms with E-state index in [2.05, 4.69) is 25.9 Å². The van der Waals surface area contributed by atoms with Gasteiger partial charge in [0.2, 0.25) is 0 Å². The van der Waals surface area contributed by atoms with Crippen LogP contribution < -0.4 is 11.0 Å². The second kappa shape index (κ2) is 7.43. The van der Waals surface area contributed by atoms with E-state index in [0.717, 1.165) is 10.8 Å². The maximum absolute atomic E-state index is 13.1. The van der Waals surface area contributed by atoms with E-state index in [0.29, 0.717) is 16.9 Å². The molecule has 29 heavy (non-hydrogen) atoms. The molecule has 2 heterocycles. The van der Waals surface area contributed by atoms with Gasteiger partial charge >= 0.3 is 11.7 Å². The summed E-state index contributed by atoms with van der Waals surface area (Å²) in [5.41, 5.74) is -0.224. The number of carbonyl (C=O) groups excluding carboxylic acids is 1. The first-order valence-corrected chi connectivity index (χ1v) is 11.0. The summed E-state index contributed by atoms with van der Waals surface area (Å²) < 4.78 is 25.4. The molecule has 156 valence electrons. The highest BCUT2D eigenvalue weighted by Gasteiger charge is 2.32. The zero-order chi connectivity index (χ0) is 21.4. The van der Waals surface area contributed by atoms with Gasteiger partial charge in [-0.1, -0.05) is 38.1 Å². The molecule has 2 N–H and O–H groups in total. The fraction of sp³-hybridized carbons (Fsp3) is 0.471. The van der Waals surface area contributed by atoms with Crippen molar-refractivity contribution in [2.75, 3.05) is 12.0 Å². The molecule has 3 aromatic rings. The summed E-state index contributed by atoms with van der Waals surface area (Å²) in [4.78, 5) is 26.1. The van der Waals surface area contributed by atoms with Gasteiger partial charge in [-0.15, -0.1) is 10.2 Å². The molecule has 0 unspecified atom stereocenters. The van der Waals surface area contributed by atoms with Gasteiger partial charge in [-0.3, -0.25) is 4.57 Å². The van der Waals surface area contributed by atoms with Gasteiger partial charge in [-0.2, -0.15) is 5.21 Å². The summed E-state index contributed by atoms with van der Waals surface area (Å²) in [6, 6.07) is 5.45. The minimum Gasteiger partial charge on any atom is -0.327 e. The number of imidazole rings is 1. The summed E-state index contributed by atoms with van der Waals surface area (Å²) >= 11 is 0. The van der Waals surface area contributed by atoms with Crippen molar-refractivity contribution < 1.29 is 13.2 Å². The second-order valence-corrected chi connectivity index (χ2v) is 10.2. The van der Waals surface area contributed by atoms with Gasteiger partial charge in [-0.25, -0.2) is 22.6 Å². The van der Waals surface area contributed by atoms with Crippen molar-refractivity contribution in [2.45, 2.75) is 33.4 Å². The number of carbonyl (C=O) groups is 1. The lowest BCUT2D eigenvalue weighted by Crippen LogP contribution is -2.43. The lowest BCUT2D eigenvalue weighted by molar-refractivity contribution is 0.216. The van der Waals surface area contributed by atoms with Crippen molar-refractivity contribution >= 4 is 26.9 Å². The molecule has 12 heteroatoms. The van der Waals surface area contributed by atoms with Crippen LogP contribution >= 0.6 is 0 Å². The lowest BCUT2D eigenvalue weighted by Gasteiger charge is -2.28. The Morgan fingerprint density at radius 2 is 1.90 bits per heavy atom. The number of para-hydroxylation sites is 2. The van der Waals surface area contributed by atoms with Crippen LogP contribution in [0, 0.1) is 5.41 Å². The van der Waals surface area contributed by atoms with Crippen LogP contribution in [0.25, 0.3) is 11.0 Å². The first kappa shape index (κ1) is 20.7. The molecule has 0 saturated heterocycles. The Labute approximate surface area is 167 Å². The van der Waals surface area contributed by atoms with E-state index in [4.69, 9.17) is 0 Å². The number of benzene rings is 1. The number of H-pyrrole nitrogens is 1. The molecular formula is C17H23N7O4S. The van der Waals surface area contributed by atoms with Crippen LogP contribution in [0.2, 0.25) is 0 Å². The van der Waals surface area contributed by atoms with Crippen molar-refractivity contribution in [3.63, 3.8) is 0 Å². The molecule has 2 aromatic heterocycles. The molecule has 11 nitrogen and oxygen atoms in total. The van der Waals surface area contributed by atoms with Gasteiger partial charge < -0.3 is 5.32 Å². The molecule has 0 saturated carbocycles. The maximum Gasteiger partial charge on any atom is 0.337 e. The Morgan fingerprint density at radius 1 is 1.24 bits per heavy atom. The Balaban J connectivity index is 2.04. The normalized spacial score (nSPS) is 13.5. The average Bonchev–Trinajstić information content (AvgIpc) is 3.22. The Kier molecular flexibility index (Phi) is 5.30. The van der Waals surface area contributed by atoms with Crippen molar-refractivity contribution in [3.05, 3.63) is 40.6 Å². The number of tetrazole rings is 1. The van der Waals surface area contributed by atoms with Gasteiger partial charge in [0.05, 0.1) is 22.8 Å². The number of aromatic amines is 1. The molecule has 0 aliphatic rings. The van der Waals surface area contributed by atoms with Gasteiger partial charge in [0.15, 0.2) is 5.82 Å². The quantitative estimate of drug-likeness (QED) is 0.617. The molecule has 1 amide bonds. The van der Waals surface area contributed by atoms with Crippen LogP contribution in [0.4, 0.5) is 4.79 Å².